The van der Waals surface area contributed by atoms with Gasteiger partial charge >= 0.3 is 12.0 Å². The molecule has 2 heterocycles. The van der Waals surface area contributed by atoms with Crippen LogP contribution >= 0.6 is 0 Å². The number of likely N-dealkylation sites (tertiary alicyclic amines) is 2. The van der Waals surface area contributed by atoms with E-state index in [4.69, 9.17) is 4.74 Å². The highest BCUT2D eigenvalue weighted by Crippen LogP contribution is 2.26. The van der Waals surface area contributed by atoms with Gasteiger partial charge in [0.25, 0.3) is 0 Å². The van der Waals surface area contributed by atoms with E-state index in [-0.39, 0.29) is 31.1 Å². The molecule has 1 aromatic carbocycles. The number of carboxylic acids is 1. The number of aliphatic carboxylic acids is 1. The molecular weight excluding hydrogens is 350 g/mol. The summed E-state index contributed by atoms with van der Waals surface area (Å²) in [6, 6.07) is 8.04. The van der Waals surface area contributed by atoms with Crippen molar-refractivity contribution in [3.63, 3.8) is 0 Å². The van der Waals surface area contributed by atoms with Gasteiger partial charge in [0.05, 0.1) is 12.0 Å². The van der Waals surface area contributed by atoms with Gasteiger partial charge in [0.15, 0.2) is 0 Å². The van der Waals surface area contributed by atoms with E-state index in [1.807, 2.05) is 18.2 Å². The number of nitrogens with one attached hydrogen (secondary N) is 1. The fraction of sp³-hybridized carbons (Fsp3) is 0.526. The van der Waals surface area contributed by atoms with Gasteiger partial charge in [0, 0.05) is 38.9 Å². The number of carbonyl (C=O) groups is 3. The van der Waals surface area contributed by atoms with Crippen molar-refractivity contribution in [1.82, 2.24) is 9.80 Å². The normalized spacial score (nSPS) is 25.3. The molecule has 2 aliphatic rings. The summed E-state index contributed by atoms with van der Waals surface area (Å²) in [5.74, 6) is -1.62. The molecule has 0 saturated carbocycles. The molecule has 0 aromatic heterocycles. The number of benzene rings is 1. The summed E-state index contributed by atoms with van der Waals surface area (Å²) in [4.78, 5) is 40.0. The molecule has 27 heavy (non-hydrogen) atoms. The number of hydrogen-bond acceptors (Lipinski definition) is 4. The largest absolute Gasteiger partial charge is 0.480 e. The molecule has 1 aromatic rings. The summed E-state index contributed by atoms with van der Waals surface area (Å²) in [6.07, 6.45) is 1.38. The lowest BCUT2D eigenvalue weighted by Gasteiger charge is -2.34. The van der Waals surface area contributed by atoms with Gasteiger partial charge in [-0.3, -0.25) is 4.79 Å². The van der Waals surface area contributed by atoms with Crippen LogP contribution in [-0.4, -0.2) is 71.7 Å². The van der Waals surface area contributed by atoms with Gasteiger partial charge in [-0.2, -0.15) is 0 Å². The molecule has 3 atom stereocenters. The second-order valence-corrected chi connectivity index (χ2v) is 7.02. The number of urea groups is 1. The van der Waals surface area contributed by atoms with Gasteiger partial charge < -0.3 is 25.0 Å². The van der Waals surface area contributed by atoms with Crippen LogP contribution in [-0.2, 0) is 14.3 Å². The first kappa shape index (κ1) is 19.2. The van der Waals surface area contributed by atoms with Crippen molar-refractivity contribution >= 4 is 23.6 Å². The van der Waals surface area contributed by atoms with E-state index < -0.39 is 17.9 Å². The molecule has 3 rings (SSSR count). The number of methoxy groups -OCH3 is 1. The highest BCUT2D eigenvalue weighted by atomic mass is 16.5. The zero-order valence-electron chi connectivity index (χ0n) is 15.3. The Morgan fingerprint density at radius 3 is 2.59 bits per heavy atom. The Balaban J connectivity index is 1.64. The summed E-state index contributed by atoms with van der Waals surface area (Å²) < 4.78 is 5.25. The minimum atomic E-state index is -1.02. The zero-order valence-corrected chi connectivity index (χ0v) is 15.3. The standard InChI is InChI=1S/C19H25N3O5/c1-27-15-10-16(18(24)25)22(12-15)17(23)13-6-5-9-21(11-13)19(26)20-14-7-3-2-4-8-14/h2-4,7-8,13,15-16H,5-6,9-12H2,1H3,(H,20,26)(H,24,25). The molecule has 146 valence electrons. The SMILES string of the molecule is COC1CC(C(=O)O)N(C(=O)C2CCCN(C(=O)Nc3ccccc3)C2)C1. The molecule has 0 radical (unpaired) electrons. The fourth-order valence-corrected chi connectivity index (χ4v) is 3.77. The number of carbonyl (C=O) groups excluding carboxylic acids is 2. The summed E-state index contributed by atoms with van der Waals surface area (Å²) in [5, 5.41) is 12.3. The van der Waals surface area contributed by atoms with Crippen LogP contribution in [0.5, 0.6) is 0 Å². The first-order chi connectivity index (χ1) is 13.0. The van der Waals surface area contributed by atoms with E-state index in [9.17, 15) is 19.5 Å². The maximum Gasteiger partial charge on any atom is 0.326 e. The summed E-state index contributed by atoms with van der Waals surface area (Å²) >= 11 is 0. The Labute approximate surface area is 158 Å². The van der Waals surface area contributed by atoms with Crippen LogP contribution in [0.3, 0.4) is 0 Å². The van der Waals surface area contributed by atoms with Crippen LogP contribution in [0.25, 0.3) is 0 Å². The minimum Gasteiger partial charge on any atom is -0.480 e. The van der Waals surface area contributed by atoms with Gasteiger partial charge in [0.1, 0.15) is 6.04 Å². The van der Waals surface area contributed by atoms with Crippen LogP contribution in [0.2, 0.25) is 0 Å². The maximum absolute atomic E-state index is 13.0. The number of rotatable bonds is 4. The molecule has 0 bridgehead atoms. The Morgan fingerprint density at radius 1 is 1.19 bits per heavy atom. The third kappa shape index (κ3) is 4.39. The predicted molar refractivity (Wildman–Crippen MR) is 98.3 cm³/mol. The smallest absolute Gasteiger partial charge is 0.326 e. The number of para-hydroxylation sites is 1. The molecule has 3 unspecified atom stereocenters. The van der Waals surface area contributed by atoms with Crippen molar-refractivity contribution in [3.8, 4) is 0 Å². The molecule has 0 spiro atoms. The Morgan fingerprint density at radius 2 is 1.93 bits per heavy atom. The lowest BCUT2D eigenvalue weighted by Crippen LogP contribution is -2.50. The highest BCUT2D eigenvalue weighted by molar-refractivity contribution is 5.90. The van der Waals surface area contributed by atoms with E-state index in [2.05, 4.69) is 5.32 Å². The summed E-state index contributed by atoms with van der Waals surface area (Å²) in [5.41, 5.74) is 0.698. The van der Waals surface area contributed by atoms with Gasteiger partial charge in [-0.25, -0.2) is 9.59 Å². The third-order valence-electron chi connectivity index (χ3n) is 5.25. The van der Waals surface area contributed by atoms with E-state index in [1.54, 1.807) is 17.0 Å². The second-order valence-electron chi connectivity index (χ2n) is 7.02. The maximum atomic E-state index is 13.0. The molecule has 2 saturated heterocycles. The molecule has 2 aliphatic heterocycles. The van der Waals surface area contributed by atoms with Crippen molar-refractivity contribution in [1.29, 1.82) is 0 Å². The molecule has 0 aliphatic carbocycles. The monoisotopic (exact) mass is 375 g/mol. The van der Waals surface area contributed by atoms with Crippen molar-refractivity contribution in [2.24, 2.45) is 5.92 Å². The van der Waals surface area contributed by atoms with Gasteiger partial charge in [-0.05, 0) is 25.0 Å². The molecule has 3 amide bonds. The van der Waals surface area contributed by atoms with Crippen molar-refractivity contribution in [2.75, 3.05) is 32.1 Å². The third-order valence-corrected chi connectivity index (χ3v) is 5.25. The van der Waals surface area contributed by atoms with Crippen LogP contribution in [0.1, 0.15) is 19.3 Å². The van der Waals surface area contributed by atoms with Gasteiger partial charge in [-0.15, -0.1) is 0 Å². The molecule has 8 nitrogen and oxygen atoms in total. The lowest BCUT2D eigenvalue weighted by atomic mass is 9.96. The number of nitrogens with zero attached hydrogens (tertiary/aromatic N) is 2. The Bertz CT molecular complexity index is 696. The van der Waals surface area contributed by atoms with Crippen LogP contribution in [0.15, 0.2) is 30.3 Å². The average molecular weight is 375 g/mol. The molecule has 8 heteroatoms. The number of amides is 3. The van der Waals surface area contributed by atoms with Gasteiger partial charge in [0.2, 0.25) is 5.91 Å². The summed E-state index contributed by atoms with van der Waals surface area (Å²) in [7, 11) is 1.52. The van der Waals surface area contributed by atoms with E-state index in [1.165, 1.54) is 12.0 Å². The van der Waals surface area contributed by atoms with Gasteiger partial charge in [-0.1, -0.05) is 18.2 Å². The number of ether oxygens (including phenoxy) is 1. The Hall–Kier alpha value is -2.61. The van der Waals surface area contributed by atoms with Crippen molar-refractivity contribution in [2.45, 2.75) is 31.4 Å². The number of anilines is 1. The quantitative estimate of drug-likeness (QED) is 0.833. The highest BCUT2D eigenvalue weighted by Gasteiger charge is 2.42. The number of carboxylic acid groups (broad SMARTS) is 1. The van der Waals surface area contributed by atoms with Crippen LogP contribution in [0.4, 0.5) is 10.5 Å². The van der Waals surface area contributed by atoms with Crippen LogP contribution in [0, 0.1) is 5.92 Å². The van der Waals surface area contributed by atoms with Crippen molar-refractivity contribution in [3.05, 3.63) is 30.3 Å². The minimum absolute atomic E-state index is 0.209. The van der Waals surface area contributed by atoms with E-state index in [0.717, 1.165) is 0 Å². The number of piperidine rings is 1. The topological polar surface area (TPSA) is 99.2 Å². The molecule has 2 fully saturated rings. The van der Waals surface area contributed by atoms with E-state index in [0.29, 0.717) is 31.5 Å². The van der Waals surface area contributed by atoms with Crippen molar-refractivity contribution < 1.29 is 24.2 Å². The Kier molecular flexibility index (Phi) is 5.95. The first-order valence-corrected chi connectivity index (χ1v) is 9.16. The fourth-order valence-electron chi connectivity index (χ4n) is 3.77. The molecular formula is C19H25N3O5. The number of hydrogen-bond donors (Lipinski definition) is 2. The molecule has 2 N–H and O–H groups in total. The second kappa shape index (κ2) is 8.39. The zero-order chi connectivity index (χ0) is 19.4. The first-order valence-electron chi connectivity index (χ1n) is 9.16. The predicted octanol–water partition coefficient (Wildman–Crippen LogP) is 1.63. The van der Waals surface area contributed by atoms with Crippen LogP contribution < -0.4 is 5.32 Å². The average Bonchev–Trinajstić information content (AvgIpc) is 3.13. The summed E-state index contributed by atoms with van der Waals surface area (Å²) in [6.45, 7) is 1.14. The van der Waals surface area contributed by atoms with E-state index >= 15 is 0 Å². The lowest BCUT2D eigenvalue weighted by molar-refractivity contribution is -0.150.